The van der Waals surface area contributed by atoms with Crippen molar-refractivity contribution in [3.63, 3.8) is 0 Å². The van der Waals surface area contributed by atoms with Crippen LogP contribution in [0.5, 0.6) is 5.75 Å². The Morgan fingerprint density at radius 1 is 1.09 bits per heavy atom. The number of benzene rings is 1. The minimum absolute atomic E-state index is 0.0399. The van der Waals surface area contributed by atoms with Gasteiger partial charge in [0.05, 0.1) is 25.3 Å². The number of hydrogen-bond acceptors (Lipinski definition) is 7. The van der Waals surface area contributed by atoms with Gasteiger partial charge in [0.15, 0.2) is 0 Å². The first-order chi connectivity index (χ1) is 16.5. The van der Waals surface area contributed by atoms with Crippen molar-refractivity contribution >= 4 is 15.9 Å². The summed E-state index contributed by atoms with van der Waals surface area (Å²) in [5.74, 6) is 0.575. The molecule has 1 heterocycles. The fourth-order valence-electron chi connectivity index (χ4n) is 5.23. The van der Waals surface area contributed by atoms with E-state index in [2.05, 4.69) is 16.8 Å². The smallest absolute Gasteiger partial charge is 0.248 e. The third kappa shape index (κ3) is 6.74. The molecule has 1 aliphatic carbocycles. The van der Waals surface area contributed by atoms with Crippen LogP contribution in [-0.2, 0) is 19.6 Å². The fraction of sp³-hybridized carbons (Fsp3) is 0.720. The van der Waals surface area contributed by atoms with Gasteiger partial charge in [0.2, 0.25) is 15.9 Å². The molecule has 2 fully saturated rings. The van der Waals surface area contributed by atoms with Crippen LogP contribution in [0, 0.1) is 13.8 Å². The van der Waals surface area contributed by atoms with Gasteiger partial charge >= 0.3 is 0 Å². The maximum atomic E-state index is 13.1. The lowest BCUT2D eigenvalue weighted by Crippen LogP contribution is -2.45. The van der Waals surface area contributed by atoms with Crippen molar-refractivity contribution in [3.8, 4) is 5.75 Å². The standard InChI is InChI=1S/C25H42N4O5S/c1-19-15-23(33-6)16-20(2)25(19)35(31,32)27(4)13-14-34-17-24(30)28(5)21-7-9-22(10-8-21)29-12-11-26(3)18-29/h15-16,21-22H,7-14,17-18H2,1-6H3. The first kappa shape index (κ1) is 27.9. The summed E-state index contributed by atoms with van der Waals surface area (Å²) in [6, 6.07) is 4.30. The Kier molecular flexibility index (Phi) is 9.56. The highest BCUT2D eigenvalue weighted by molar-refractivity contribution is 7.89. The molecule has 1 aliphatic heterocycles. The minimum Gasteiger partial charge on any atom is -0.497 e. The van der Waals surface area contributed by atoms with Gasteiger partial charge < -0.3 is 14.4 Å². The molecule has 1 saturated heterocycles. The van der Waals surface area contributed by atoms with Crippen LogP contribution in [0.3, 0.4) is 0 Å². The Bertz CT molecular complexity index is 955. The highest BCUT2D eigenvalue weighted by atomic mass is 32.2. The Morgan fingerprint density at radius 3 is 2.26 bits per heavy atom. The summed E-state index contributed by atoms with van der Waals surface area (Å²) in [5, 5.41) is 0. The van der Waals surface area contributed by atoms with Crippen LogP contribution in [0.15, 0.2) is 17.0 Å². The van der Waals surface area contributed by atoms with E-state index in [0.29, 0.717) is 22.9 Å². The molecule has 0 atom stereocenters. The van der Waals surface area contributed by atoms with E-state index in [1.807, 2.05) is 11.9 Å². The first-order valence-electron chi connectivity index (χ1n) is 12.4. The van der Waals surface area contributed by atoms with Crippen LogP contribution in [0.2, 0.25) is 0 Å². The zero-order valence-electron chi connectivity index (χ0n) is 22.1. The van der Waals surface area contributed by atoms with Crippen molar-refractivity contribution in [1.82, 2.24) is 19.0 Å². The maximum Gasteiger partial charge on any atom is 0.248 e. The van der Waals surface area contributed by atoms with Gasteiger partial charge in [-0.2, -0.15) is 4.31 Å². The lowest BCUT2D eigenvalue weighted by molar-refractivity contribution is -0.137. The molecule has 1 amide bonds. The summed E-state index contributed by atoms with van der Waals surface area (Å²) >= 11 is 0. The molecule has 0 N–H and O–H groups in total. The number of rotatable bonds is 10. The molecule has 1 saturated carbocycles. The zero-order valence-corrected chi connectivity index (χ0v) is 22.9. The summed E-state index contributed by atoms with van der Waals surface area (Å²) in [5.41, 5.74) is 1.27. The molecule has 2 aliphatic rings. The lowest BCUT2D eigenvalue weighted by Gasteiger charge is -2.38. The van der Waals surface area contributed by atoms with Gasteiger partial charge in [-0.15, -0.1) is 0 Å². The monoisotopic (exact) mass is 510 g/mol. The Morgan fingerprint density at radius 2 is 1.71 bits per heavy atom. The number of likely N-dealkylation sites (N-methyl/N-ethyl adjacent to an activating group) is 3. The predicted octanol–water partition coefficient (Wildman–Crippen LogP) is 1.92. The van der Waals surface area contributed by atoms with Gasteiger partial charge in [0, 0.05) is 45.8 Å². The van der Waals surface area contributed by atoms with E-state index in [4.69, 9.17) is 9.47 Å². The largest absolute Gasteiger partial charge is 0.497 e. The van der Waals surface area contributed by atoms with E-state index in [9.17, 15) is 13.2 Å². The number of hydrogen-bond donors (Lipinski definition) is 0. The number of carbonyl (C=O) groups is 1. The van der Waals surface area contributed by atoms with E-state index in [-0.39, 0.29) is 36.6 Å². The van der Waals surface area contributed by atoms with Crippen molar-refractivity contribution in [2.75, 3.05) is 67.8 Å². The molecule has 0 unspecified atom stereocenters. The number of ether oxygens (including phenoxy) is 2. The first-order valence-corrected chi connectivity index (χ1v) is 13.9. The molecular formula is C25H42N4O5S. The third-order valence-corrected chi connectivity index (χ3v) is 9.59. The Hall–Kier alpha value is -1.72. The van der Waals surface area contributed by atoms with Gasteiger partial charge in [-0.25, -0.2) is 8.42 Å². The van der Waals surface area contributed by atoms with Crippen LogP contribution >= 0.6 is 0 Å². The van der Waals surface area contributed by atoms with E-state index >= 15 is 0 Å². The van der Waals surface area contributed by atoms with Crippen molar-refractivity contribution in [3.05, 3.63) is 23.3 Å². The molecule has 10 heteroatoms. The molecule has 9 nitrogen and oxygen atoms in total. The van der Waals surface area contributed by atoms with Crippen molar-refractivity contribution in [1.29, 1.82) is 0 Å². The quantitative estimate of drug-likeness (QED) is 0.445. The molecule has 0 aromatic heterocycles. The van der Waals surface area contributed by atoms with Gasteiger partial charge in [0.25, 0.3) is 0 Å². The van der Waals surface area contributed by atoms with Crippen LogP contribution < -0.4 is 4.74 Å². The lowest BCUT2D eigenvalue weighted by atomic mass is 9.89. The normalized spacial score (nSPS) is 22.0. The van der Waals surface area contributed by atoms with Crippen molar-refractivity contribution < 1.29 is 22.7 Å². The molecule has 0 spiro atoms. The SMILES string of the molecule is COc1cc(C)c(S(=O)(=O)N(C)CCOCC(=O)N(C)C2CCC(N3CCN(C)C3)CC2)c(C)c1. The summed E-state index contributed by atoms with van der Waals surface area (Å²) < 4.78 is 38.3. The second kappa shape index (κ2) is 12.0. The summed E-state index contributed by atoms with van der Waals surface area (Å²) in [4.78, 5) is 19.7. The molecule has 1 aromatic carbocycles. The minimum atomic E-state index is -3.68. The van der Waals surface area contributed by atoms with Gasteiger partial charge in [0.1, 0.15) is 12.4 Å². The number of methoxy groups -OCH3 is 1. The van der Waals surface area contributed by atoms with E-state index in [0.717, 1.165) is 45.4 Å². The summed E-state index contributed by atoms with van der Waals surface area (Å²) in [6.45, 7) is 7.11. The van der Waals surface area contributed by atoms with Crippen molar-refractivity contribution in [2.45, 2.75) is 56.5 Å². The molecule has 35 heavy (non-hydrogen) atoms. The van der Waals surface area contributed by atoms with Gasteiger partial charge in [-0.1, -0.05) is 0 Å². The maximum absolute atomic E-state index is 13.1. The number of aryl methyl sites for hydroxylation is 2. The second-order valence-electron chi connectivity index (χ2n) is 9.97. The fourth-order valence-corrected chi connectivity index (χ4v) is 6.79. The second-order valence-corrected chi connectivity index (χ2v) is 12.0. The third-order valence-electron chi connectivity index (χ3n) is 7.43. The average Bonchev–Trinajstić information content (AvgIpc) is 3.26. The molecule has 1 aromatic rings. The summed E-state index contributed by atoms with van der Waals surface area (Å²) in [7, 11) is 3.43. The molecule has 0 radical (unpaired) electrons. The topological polar surface area (TPSA) is 82.6 Å². The number of nitrogens with zero attached hydrogens (tertiary/aromatic N) is 4. The zero-order chi connectivity index (χ0) is 25.8. The van der Waals surface area contributed by atoms with Gasteiger partial charge in [-0.3, -0.25) is 14.6 Å². The Balaban J connectivity index is 1.43. The predicted molar refractivity (Wildman–Crippen MR) is 136 cm³/mol. The number of amides is 1. The Labute approximate surface area is 211 Å². The van der Waals surface area contributed by atoms with E-state index in [1.54, 1.807) is 33.1 Å². The van der Waals surface area contributed by atoms with Crippen LogP contribution in [0.25, 0.3) is 0 Å². The summed E-state index contributed by atoms with van der Waals surface area (Å²) in [6.07, 6.45) is 4.25. The highest BCUT2D eigenvalue weighted by Gasteiger charge is 2.31. The molecule has 0 bridgehead atoms. The number of sulfonamides is 1. The highest BCUT2D eigenvalue weighted by Crippen LogP contribution is 2.28. The van der Waals surface area contributed by atoms with Crippen LogP contribution in [0.4, 0.5) is 0 Å². The molecular weight excluding hydrogens is 468 g/mol. The van der Waals surface area contributed by atoms with Crippen LogP contribution in [-0.4, -0.2) is 113 Å². The van der Waals surface area contributed by atoms with E-state index in [1.165, 1.54) is 11.4 Å². The van der Waals surface area contributed by atoms with Crippen molar-refractivity contribution in [2.24, 2.45) is 0 Å². The molecule has 198 valence electrons. The molecule has 3 rings (SSSR count). The van der Waals surface area contributed by atoms with Crippen LogP contribution in [0.1, 0.15) is 36.8 Å². The van der Waals surface area contributed by atoms with E-state index < -0.39 is 10.0 Å². The van der Waals surface area contributed by atoms with Gasteiger partial charge in [-0.05, 0) is 69.8 Å². The average molecular weight is 511 g/mol. The number of carbonyl (C=O) groups excluding carboxylic acids is 1.